The Balaban J connectivity index is 1.32. The second-order valence-electron chi connectivity index (χ2n) is 8.35. The molecule has 176 valence electrons. The molecule has 0 saturated carbocycles. The summed E-state index contributed by atoms with van der Waals surface area (Å²) in [6.07, 6.45) is 1.46. The smallest absolute Gasteiger partial charge is 0.335 e. The molecule has 8 nitrogen and oxygen atoms in total. The van der Waals surface area contributed by atoms with Crippen LogP contribution in [0.1, 0.15) is 22.3 Å². The number of benzene rings is 3. The highest BCUT2D eigenvalue weighted by molar-refractivity contribution is 6.39. The monoisotopic (exact) mass is 470 g/mol. The van der Waals surface area contributed by atoms with E-state index in [9.17, 15) is 14.4 Å². The molecule has 3 aromatic rings. The summed E-state index contributed by atoms with van der Waals surface area (Å²) in [7, 11) is 0. The van der Waals surface area contributed by atoms with Gasteiger partial charge in [-0.15, -0.1) is 0 Å². The molecule has 0 aliphatic carbocycles. The summed E-state index contributed by atoms with van der Waals surface area (Å²) in [6, 6.07) is 17.2. The maximum Gasteiger partial charge on any atom is 0.335 e. The van der Waals surface area contributed by atoms with Gasteiger partial charge in [0.25, 0.3) is 11.8 Å². The zero-order chi connectivity index (χ0) is 24.5. The van der Waals surface area contributed by atoms with Crippen molar-refractivity contribution in [1.29, 1.82) is 0 Å². The molecule has 2 aliphatic heterocycles. The lowest BCUT2D eigenvalue weighted by Gasteiger charge is -2.27. The molecule has 4 amide bonds. The highest BCUT2D eigenvalue weighted by atomic mass is 16.7. The van der Waals surface area contributed by atoms with Crippen molar-refractivity contribution in [2.24, 2.45) is 0 Å². The number of carbonyl (C=O) groups is 3. The first-order valence-electron chi connectivity index (χ1n) is 11.0. The average Bonchev–Trinajstić information content (AvgIpc) is 3.28. The molecular formula is C27H22N2O6. The SMILES string of the molecule is Cc1cc(C)cc(N2C(=O)NC(=O)/C(=C\c3ccc(OCc4ccc5c(c4)OCO5)cc3)C2=O)c1. The number of carbonyl (C=O) groups excluding carboxylic acids is 3. The molecule has 3 aromatic carbocycles. The number of anilines is 1. The predicted octanol–water partition coefficient (Wildman–Crippen LogP) is 4.28. The van der Waals surface area contributed by atoms with Crippen molar-refractivity contribution in [2.45, 2.75) is 20.5 Å². The average molecular weight is 470 g/mol. The first-order valence-corrected chi connectivity index (χ1v) is 11.0. The molecule has 1 fully saturated rings. The number of urea groups is 1. The molecule has 5 rings (SSSR count). The van der Waals surface area contributed by atoms with Crippen molar-refractivity contribution in [1.82, 2.24) is 5.32 Å². The molecule has 2 aliphatic rings. The van der Waals surface area contributed by atoms with Gasteiger partial charge in [0.05, 0.1) is 5.69 Å². The fraction of sp³-hybridized carbons (Fsp3) is 0.148. The van der Waals surface area contributed by atoms with Crippen LogP contribution >= 0.6 is 0 Å². The minimum Gasteiger partial charge on any atom is -0.489 e. The summed E-state index contributed by atoms with van der Waals surface area (Å²) in [5.74, 6) is 0.619. The van der Waals surface area contributed by atoms with Crippen LogP contribution in [0.15, 0.2) is 66.2 Å². The van der Waals surface area contributed by atoms with Crippen molar-refractivity contribution < 1.29 is 28.6 Å². The highest BCUT2D eigenvalue weighted by Gasteiger charge is 2.36. The van der Waals surface area contributed by atoms with Gasteiger partial charge in [-0.3, -0.25) is 14.9 Å². The van der Waals surface area contributed by atoms with Crippen molar-refractivity contribution in [3.05, 3.63) is 88.5 Å². The molecule has 8 heteroatoms. The van der Waals surface area contributed by atoms with E-state index >= 15 is 0 Å². The summed E-state index contributed by atoms with van der Waals surface area (Å²) in [6.45, 7) is 4.31. The van der Waals surface area contributed by atoms with Crippen molar-refractivity contribution in [3.63, 3.8) is 0 Å². The van der Waals surface area contributed by atoms with Gasteiger partial charge in [0, 0.05) is 0 Å². The van der Waals surface area contributed by atoms with Crippen LogP contribution in [0.4, 0.5) is 10.5 Å². The molecule has 0 aromatic heterocycles. The first-order chi connectivity index (χ1) is 16.9. The number of nitrogens with one attached hydrogen (secondary N) is 1. The standard InChI is InChI=1S/C27H22N2O6/c1-16-9-17(2)11-20(10-16)29-26(31)22(25(30)28-27(29)32)12-18-3-6-21(7-4-18)33-14-19-5-8-23-24(13-19)35-15-34-23/h3-13H,14-15H2,1-2H3,(H,28,30,32)/b22-12+. The Labute approximate surface area is 201 Å². The predicted molar refractivity (Wildman–Crippen MR) is 128 cm³/mol. The summed E-state index contributed by atoms with van der Waals surface area (Å²) in [5.41, 5.74) is 3.64. The van der Waals surface area contributed by atoms with E-state index in [2.05, 4.69) is 5.32 Å². The van der Waals surface area contributed by atoms with Crippen LogP contribution in [-0.4, -0.2) is 24.6 Å². The summed E-state index contributed by atoms with van der Waals surface area (Å²) in [5, 5.41) is 2.25. The van der Waals surface area contributed by atoms with E-state index in [1.165, 1.54) is 6.08 Å². The maximum absolute atomic E-state index is 13.1. The zero-order valence-electron chi connectivity index (χ0n) is 19.2. The van der Waals surface area contributed by atoms with Crippen molar-refractivity contribution in [2.75, 3.05) is 11.7 Å². The molecule has 1 saturated heterocycles. The number of ether oxygens (including phenoxy) is 3. The van der Waals surface area contributed by atoms with E-state index in [1.54, 1.807) is 36.4 Å². The normalized spacial score (nSPS) is 16.0. The molecule has 0 bridgehead atoms. The van der Waals surface area contributed by atoms with Gasteiger partial charge in [0.1, 0.15) is 17.9 Å². The van der Waals surface area contributed by atoms with Gasteiger partial charge in [0.15, 0.2) is 11.5 Å². The number of hydrogen-bond acceptors (Lipinski definition) is 6. The topological polar surface area (TPSA) is 94.2 Å². The van der Waals surface area contributed by atoms with Crippen molar-refractivity contribution in [3.8, 4) is 17.2 Å². The number of nitrogens with zero attached hydrogens (tertiary/aromatic N) is 1. The third-order valence-corrected chi connectivity index (χ3v) is 5.60. The van der Waals surface area contributed by atoms with E-state index in [4.69, 9.17) is 14.2 Å². The zero-order valence-corrected chi connectivity index (χ0v) is 19.2. The number of rotatable bonds is 5. The largest absolute Gasteiger partial charge is 0.489 e. The number of amides is 4. The lowest BCUT2D eigenvalue weighted by molar-refractivity contribution is -0.122. The van der Waals surface area contributed by atoms with Gasteiger partial charge in [0.2, 0.25) is 6.79 Å². The lowest BCUT2D eigenvalue weighted by Crippen LogP contribution is -2.54. The van der Waals surface area contributed by atoms with Gasteiger partial charge >= 0.3 is 6.03 Å². The van der Waals surface area contributed by atoms with E-state index in [1.807, 2.05) is 38.1 Å². The molecule has 0 radical (unpaired) electrons. The molecule has 1 N–H and O–H groups in total. The van der Waals surface area contributed by atoms with E-state index < -0.39 is 17.8 Å². The second-order valence-corrected chi connectivity index (χ2v) is 8.35. The van der Waals surface area contributed by atoms with E-state index in [0.717, 1.165) is 21.6 Å². The second kappa shape index (κ2) is 8.98. The summed E-state index contributed by atoms with van der Waals surface area (Å²) >= 11 is 0. The molecule has 2 heterocycles. The fourth-order valence-electron chi connectivity index (χ4n) is 4.00. The number of hydrogen-bond donors (Lipinski definition) is 1. The van der Waals surface area contributed by atoms with Gasteiger partial charge < -0.3 is 14.2 Å². The number of barbiturate groups is 1. The Morgan fingerprint density at radius 3 is 2.37 bits per heavy atom. The van der Waals surface area contributed by atoms with Crippen LogP contribution in [0.5, 0.6) is 17.2 Å². The van der Waals surface area contributed by atoms with Crippen LogP contribution in [0.3, 0.4) is 0 Å². The maximum atomic E-state index is 13.1. The van der Waals surface area contributed by atoms with Gasteiger partial charge in [-0.2, -0.15) is 0 Å². The van der Waals surface area contributed by atoms with Crippen molar-refractivity contribution >= 4 is 29.6 Å². The molecule has 35 heavy (non-hydrogen) atoms. The van der Waals surface area contributed by atoms with E-state index in [0.29, 0.717) is 35.1 Å². The minimum atomic E-state index is -0.769. The third-order valence-electron chi connectivity index (χ3n) is 5.60. The Hall–Kier alpha value is -4.59. The van der Waals surface area contributed by atoms with Crippen LogP contribution in [0.25, 0.3) is 6.08 Å². The minimum absolute atomic E-state index is 0.127. The van der Waals surface area contributed by atoms with Gasteiger partial charge in [-0.25, -0.2) is 9.69 Å². The Kier molecular flexibility index (Phi) is 5.70. The van der Waals surface area contributed by atoms with Gasteiger partial charge in [-0.1, -0.05) is 24.3 Å². The van der Waals surface area contributed by atoms with Crippen LogP contribution in [-0.2, 0) is 16.2 Å². The van der Waals surface area contributed by atoms with Crippen LogP contribution in [0.2, 0.25) is 0 Å². The fourth-order valence-corrected chi connectivity index (χ4v) is 4.00. The van der Waals surface area contributed by atoms with Crippen LogP contribution in [0, 0.1) is 13.8 Å². The summed E-state index contributed by atoms with van der Waals surface area (Å²) < 4.78 is 16.5. The van der Waals surface area contributed by atoms with Crippen LogP contribution < -0.4 is 24.4 Å². The van der Waals surface area contributed by atoms with Gasteiger partial charge in [-0.05, 0) is 78.6 Å². The highest BCUT2D eigenvalue weighted by Crippen LogP contribution is 2.33. The quantitative estimate of drug-likeness (QED) is 0.442. The van der Waals surface area contributed by atoms with E-state index in [-0.39, 0.29) is 12.4 Å². The Morgan fingerprint density at radius 1 is 0.914 bits per heavy atom. The third kappa shape index (κ3) is 4.59. The molecule has 0 atom stereocenters. The lowest BCUT2D eigenvalue weighted by atomic mass is 10.1. The Bertz CT molecular complexity index is 1360. The number of fused-ring (bicyclic) bond motifs is 1. The first kappa shape index (κ1) is 22.2. The number of imide groups is 2. The molecular weight excluding hydrogens is 448 g/mol. The Morgan fingerprint density at radius 2 is 1.63 bits per heavy atom. The molecule has 0 unspecified atom stereocenters. The summed E-state index contributed by atoms with van der Waals surface area (Å²) in [4.78, 5) is 39.0. The number of aryl methyl sites for hydroxylation is 2. The molecule has 0 spiro atoms.